The molecule has 2 heterocycles. The second-order valence-corrected chi connectivity index (χ2v) is 8.09. The minimum Gasteiger partial charge on any atom is -0.484 e. The first-order valence-corrected chi connectivity index (χ1v) is 10.1. The smallest absolute Gasteiger partial charge is 0.290 e. The zero-order valence-corrected chi connectivity index (χ0v) is 18.5. The molecule has 3 rings (SSSR count). The highest BCUT2D eigenvalue weighted by molar-refractivity contribution is 5.78. The Morgan fingerprint density at radius 1 is 1.31 bits per heavy atom. The van der Waals surface area contributed by atoms with Crippen LogP contribution in [-0.4, -0.2) is 60.3 Å². The SMILES string of the molecule is CC(C)(C)c1cc(-c2ccc(OCC(=O)N3CCOCC3)cc2)c(C#N)c(N)n1.O=CO. The maximum Gasteiger partial charge on any atom is 0.290 e. The van der Waals surface area contributed by atoms with Gasteiger partial charge in [-0.2, -0.15) is 5.26 Å². The predicted octanol–water partition coefficient (Wildman–Crippen LogP) is 2.44. The van der Waals surface area contributed by atoms with Gasteiger partial charge >= 0.3 is 0 Å². The van der Waals surface area contributed by atoms with Crippen molar-refractivity contribution in [2.45, 2.75) is 26.2 Å². The number of nitrogens with two attached hydrogens (primary N) is 1. The number of hydrogen-bond acceptors (Lipinski definition) is 7. The third-order valence-corrected chi connectivity index (χ3v) is 4.82. The summed E-state index contributed by atoms with van der Waals surface area (Å²) in [5, 5.41) is 16.4. The topological polar surface area (TPSA) is 139 Å². The first-order chi connectivity index (χ1) is 15.2. The Balaban J connectivity index is 0.00000114. The highest BCUT2D eigenvalue weighted by atomic mass is 16.5. The molecule has 1 fully saturated rings. The van der Waals surface area contributed by atoms with E-state index in [1.165, 1.54) is 0 Å². The maximum atomic E-state index is 12.2. The number of carbonyl (C=O) groups excluding carboxylic acids is 1. The van der Waals surface area contributed by atoms with Crippen LogP contribution in [0.1, 0.15) is 32.0 Å². The van der Waals surface area contributed by atoms with Crippen molar-refractivity contribution >= 4 is 18.2 Å². The van der Waals surface area contributed by atoms with Crippen LogP contribution in [0.4, 0.5) is 5.82 Å². The molecule has 0 unspecified atom stereocenters. The second kappa shape index (κ2) is 11.1. The lowest BCUT2D eigenvalue weighted by Gasteiger charge is -2.26. The van der Waals surface area contributed by atoms with Gasteiger partial charge in [0.1, 0.15) is 23.2 Å². The average molecular weight is 441 g/mol. The monoisotopic (exact) mass is 440 g/mol. The molecule has 1 saturated heterocycles. The fourth-order valence-electron chi connectivity index (χ4n) is 3.07. The van der Waals surface area contributed by atoms with Gasteiger partial charge < -0.3 is 25.2 Å². The van der Waals surface area contributed by atoms with Crippen molar-refractivity contribution in [1.29, 1.82) is 5.26 Å². The second-order valence-electron chi connectivity index (χ2n) is 8.09. The Hall–Kier alpha value is -3.64. The van der Waals surface area contributed by atoms with E-state index in [0.717, 1.165) is 16.8 Å². The molecule has 32 heavy (non-hydrogen) atoms. The number of ether oxygens (including phenoxy) is 2. The number of morpholine rings is 1. The van der Waals surface area contributed by atoms with Crippen LogP contribution in [0.25, 0.3) is 11.1 Å². The number of nitrogen functional groups attached to an aromatic ring is 1. The molecule has 0 radical (unpaired) electrons. The Kier molecular flexibility index (Phi) is 8.55. The minimum atomic E-state index is -0.250. The van der Waals surface area contributed by atoms with Crippen molar-refractivity contribution in [2.24, 2.45) is 0 Å². The highest BCUT2D eigenvalue weighted by Crippen LogP contribution is 2.32. The third kappa shape index (κ3) is 6.43. The fourth-order valence-corrected chi connectivity index (χ4v) is 3.07. The van der Waals surface area contributed by atoms with Gasteiger partial charge in [0, 0.05) is 29.8 Å². The Morgan fingerprint density at radius 3 is 2.44 bits per heavy atom. The van der Waals surface area contributed by atoms with Gasteiger partial charge in [-0.3, -0.25) is 9.59 Å². The molecule has 1 aliphatic rings. The van der Waals surface area contributed by atoms with Crippen LogP contribution in [0.3, 0.4) is 0 Å². The zero-order chi connectivity index (χ0) is 23.7. The van der Waals surface area contributed by atoms with Gasteiger partial charge in [-0.05, 0) is 23.8 Å². The first-order valence-electron chi connectivity index (χ1n) is 10.1. The van der Waals surface area contributed by atoms with E-state index in [0.29, 0.717) is 37.6 Å². The van der Waals surface area contributed by atoms with Crippen molar-refractivity contribution in [3.63, 3.8) is 0 Å². The number of nitrogens with zero attached hydrogens (tertiary/aromatic N) is 3. The lowest BCUT2D eigenvalue weighted by molar-refractivity contribution is -0.137. The van der Waals surface area contributed by atoms with Crippen LogP contribution in [0.2, 0.25) is 0 Å². The Labute approximate surface area is 187 Å². The van der Waals surface area contributed by atoms with Crippen molar-refractivity contribution in [3.05, 3.63) is 41.6 Å². The Morgan fingerprint density at radius 2 is 1.91 bits per heavy atom. The summed E-state index contributed by atoms with van der Waals surface area (Å²) in [4.78, 5) is 26.7. The van der Waals surface area contributed by atoms with E-state index in [9.17, 15) is 10.1 Å². The summed E-state index contributed by atoms with van der Waals surface area (Å²) in [6, 6.07) is 11.4. The van der Waals surface area contributed by atoms with Crippen molar-refractivity contribution < 1.29 is 24.2 Å². The molecule has 1 aliphatic heterocycles. The predicted molar refractivity (Wildman–Crippen MR) is 119 cm³/mol. The van der Waals surface area contributed by atoms with E-state index in [1.54, 1.807) is 17.0 Å². The molecule has 0 bridgehead atoms. The van der Waals surface area contributed by atoms with Crippen LogP contribution in [0.15, 0.2) is 30.3 Å². The molecular weight excluding hydrogens is 412 g/mol. The largest absolute Gasteiger partial charge is 0.484 e. The van der Waals surface area contributed by atoms with Gasteiger partial charge in [0.25, 0.3) is 12.4 Å². The van der Waals surface area contributed by atoms with Crippen LogP contribution < -0.4 is 10.5 Å². The molecule has 2 aromatic rings. The lowest BCUT2D eigenvalue weighted by atomic mass is 9.88. The fraction of sp³-hybridized carbons (Fsp3) is 0.391. The van der Waals surface area contributed by atoms with Gasteiger partial charge in [-0.1, -0.05) is 32.9 Å². The number of anilines is 1. The van der Waals surface area contributed by atoms with Gasteiger partial charge in [0.15, 0.2) is 6.61 Å². The number of hydrogen-bond donors (Lipinski definition) is 2. The molecule has 1 aromatic carbocycles. The summed E-state index contributed by atoms with van der Waals surface area (Å²) in [5.41, 5.74) is 8.60. The maximum absolute atomic E-state index is 12.2. The molecule has 9 nitrogen and oxygen atoms in total. The number of pyridine rings is 1. The number of amides is 1. The van der Waals surface area contributed by atoms with E-state index >= 15 is 0 Å². The molecule has 0 atom stereocenters. The molecule has 1 amide bonds. The number of rotatable bonds is 4. The zero-order valence-electron chi connectivity index (χ0n) is 18.5. The van der Waals surface area contributed by atoms with E-state index in [-0.39, 0.29) is 30.2 Å². The molecule has 3 N–H and O–H groups in total. The van der Waals surface area contributed by atoms with E-state index in [2.05, 4.69) is 11.1 Å². The molecule has 0 saturated carbocycles. The van der Waals surface area contributed by atoms with Crippen molar-refractivity contribution in [3.8, 4) is 22.9 Å². The van der Waals surface area contributed by atoms with Crippen LogP contribution >= 0.6 is 0 Å². The van der Waals surface area contributed by atoms with Gasteiger partial charge in [0.05, 0.1) is 13.2 Å². The van der Waals surface area contributed by atoms with Gasteiger partial charge in [-0.25, -0.2) is 4.98 Å². The Bertz CT molecular complexity index is 972. The van der Waals surface area contributed by atoms with E-state index in [4.69, 9.17) is 25.1 Å². The standard InChI is InChI=1S/C22H26N4O3.CH2O2/c1-22(2,3)19-12-17(18(13-23)21(24)25-19)15-4-6-16(7-5-15)29-14-20(27)26-8-10-28-11-9-26;2-1-3/h4-7,12H,8-11,14H2,1-3H3,(H2,24,25);1H,(H,2,3). The summed E-state index contributed by atoms with van der Waals surface area (Å²) >= 11 is 0. The minimum absolute atomic E-state index is 0.0147. The molecule has 0 spiro atoms. The summed E-state index contributed by atoms with van der Waals surface area (Å²) in [6.07, 6.45) is 0. The van der Waals surface area contributed by atoms with Crippen molar-refractivity contribution in [1.82, 2.24) is 9.88 Å². The quantitative estimate of drug-likeness (QED) is 0.691. The van der Waals surface area contributed by atoms with Crippen LogP contribution in [0, 0.1) is 11.3 Å². The highest BCUT2D eigenvalue weighted by Gasteiger charge is 2.21. The normalized spacial score (nSPS) is 13.4. The van der Waals surface area contributed by atoms with Gasteiger partial charge in [-0.15, -0.1) is 0 Å². The summed E-state index contributed by atoms with van der Waals surface area (Å²) in [7, 11) is 0. The molecular formula is C23H28N4O5. The molecule has 9 heteroatoms. The summed E-state index contributed by atoms with van der Waals surface area (Å²) in [6.45, 7) is 8.20. The van der Waals surface area contributed by atoms with E-state index in [1.807, 2.05) is 39.0 Å². The molecule has 170 valence electrons. The first kappa shape index (κ1) is 24.6. The van der Waals surface area contributed by atoms with Gasteiger partial charge in [0.2, 0.25) is 0 Å². The molecule has 1 aromatic heterocycles. The number of carboxylic acid groups (broad SMARTS) is 1. The third-order valence-electron chi connectivity index (χ3n) is 4.82. The van der Waals surface area contributed by atoms with E-state index < -0.39 is 0 Å². The summed E-state index contributed by atoms with van der Waals surface area (Å²) in [5.74, 6) is 0.763. The number of nitriles is 1. The number of aromatic nitrogens is 1. The average Bonchev–Trinajstić information content (AvgIpc) is 2.78. The van der Waals surface area contributed by atoms with Crippen LogP contribution in [0.5, 0.6) is 5.75 Å². The lowest BCUT2D eigenvalue weighted by Crippen LogP contribution is -2.42. The molecule has 0 aliphatic carbocycles. The summed E-state index contributed by atoms with van der Waals surface area (Å²) < 4.78 is 10.9. The van der Waals surface area contributed by atoms with Crippen molar-refractivity contribution in [2.75, 3.05) is 38.6 Å². The van der Waals surface area contributed by atoms with Crippen LogP contribution in [-0.2, 0) is 19.7 Å². The number of carbonyl (C=O) groups is 2. The number of benzene rings is 1.